The lowest BCUT2D eigenvalue weighted by Gasteiger charge is -2.22. The van der Waals surface area contributed by atoms with Crippen molar-refractivity contribution >= 4 is 6.03 Å². The van der Waals surface area contributed by atoms with Crippen LogP contribution in [0.1, 0.15) is 44.1 Å². The van der Waals surface area contributed by atoms with Crippen LogP contribution in [0, 0.1) is 5.41 Å². The Bertz CT molecular complexity index is 533. The summed E-state index contributed by atoms with van der Waals surface area (Å²) in [7, 11) is 1.76. The van der Waals surface area contributed by atoms with E-state index in [-0.39, 0.29) is 11.4 Å². The van der Waals surface area contributed by atoms with Crippen molar-refractivity contribution < 1.29 is 9.53 Å². The van der Waals surface area contributed by atoms with E-state index in [1.165, 1.54) is 5.56 Å². The van der Waals surface area contributed by atoms with Gasteiger partial charge in [0.05, 0.1) is 6.10 Å². The Morgan fingerprint density at radius 2 is 2.09 bits per heavy atom. The molecule has 1 unspecified atom stereocenters. The summed E-state index contributed by atoms with van der Waals surface area (Å²) in [6, 6.07) is 10.7. The molecule has 2 amide bonds. The Hall–Kier alpha value is -1.55. The fourth-order valence-corrected chi connectivity index (χ4v) is 3.70. The molecular formula is C19H28N2O2. The normalized spacial score (nSPS) is 30.6. The van der Waals surface area contributed by atoms with Crippen LogP contribution in [-0.2, 0) is 4.74 Å². The van der Waals surface area contributed by atoms with Gasteiger partial charge in [-0.3, -0.25) is 0 Å². The van der Waals surface area contributed by atoms with Crippen LogP contribution in [0.25, 0.3) is 0 Å². The molecule has 1 heterocycles. The lowest BCUT2D eigenvalue weighted by Crippen LogP contribution is -2.42. The zero-order valence-electron chi connectivity index (χ0n) is 14.3. The summed E-state index contributed by atoms with van der Waals surface area (Å²) in [6.07, 6.45) is 4.47. The number of urea groups is 1. The molecule has 1 aliphatic carbocycles. The first-order chi connectivity index (χ1) is 11.1. The van der Waals surface area contributed by atoms with Gasteiger partial charge in [0.25, 0.3) is 0 Å². The standard InChI is InChI=1S/C19H28N2O2/c1-19(13-17(19)15-7-4-3-5-8-15)14-20-18(22)21-11-6-9-16(23-2)10-12-21/h3-5,7-8,16-17H,6,9-14H2,1-2H3,(H,20,22)/t16?,17-,19-/m0/s1. The van der Waals surface area contributed by atoms with Gasteiger partial charge in [-0.1, -0.05) is 37.3 Å². The van der Waals surface area contributed by atoms with Gasteiger partial charge in [-0.2, -0.15) is 0 Å². The van der Waals surface area contributed by atoms with Crippen LogP contribution in [0.4, 0.5) is 4.79 Å². The second kappa shape index (κ2) is 6.91. The number of carbonyl (C=O) groups is 1. The van der Waals surface area contributed by atoms with Crippen LogP contribution >= 0.6 is 0 Å². The second-order valence-electron chi connectivity index (χ2n) is 7.26. The lowest BCUT2D eigenvalue weighted by atomic mass is 10.0. The van der Waals surface area contributed by atoms with E-state index >= 15 is 0 Å². The fourth-order valence-electron chi connectivity index (χ4n) is 3.70. The predicted molar refractivity (Wildman–Crippen MR) is 91.5 cm³/mol. The van der Waals surface area contributed by atoms with Gasteiger partial charge in [0, 0.05) is 26.7 Å². The molecule has 23 heavy (non-hydrogen) atoms. The van der Waals surface area contributed by atoms with Gasteiger partial charge in [-0.05, 0) is 42.6 Å². The van der Waals surface area contributed by atoms with Crippen molar-refractivity contribution in [2.45, 2.75) is 44.6 Å². The Labute approximate surface area is 139 Å². The molecular weight excluding hydrogens is 288 g/mol. The first-order valence-corrected chi connectivity index (χ1v) is 8.73. The molecule has 3 rings (SSSR count). The van der Waals surface area contributed by atoms with E-state index in [1.54, 1.807) is 7.11 Å². The van der Waals surface area contributed by atoms with Gasteiger partial charge < -0.3 is 15.0 Å². The molecule has 2 fully saturated rings. The van der Waals surface area contributed by atoms with Gasteiger partial charge in [0.1, 0.15) is 0 Å². The number of nitrogens with one attached hydrogen (secondary N) is 1. The Morgan fingerprint density at radius 1 is 1.30 bits per heavy atom. The van der Waals surface area contributed by atoms with Crippen LogP contribution in [0.15, 0.2) is 30.3 Å². The topological polar surface area (TPSA) is 41.6 Å². The number of amides is 2. The number of carbonyl (C=O) groups excluding carboxylic acids is 1. The summed E-state index contributed by atoms with van der Waals surface area (Å²) in [4.78, 5) is 14.4. The van der Waals surface area contributed by atoms with Crippen LogP contribution < -0.4 is 5.32 Å². The Kier molecular flexibility index (Phi) is 4.90. The SMILES string of the molecule is COC1CCCN(C(=O)NC[C@]2(C)C[C@H]2c2ccccc2)CC1. The molecule has 1 aromatic rings. The molecule has 1 aliphatic heterocycles. The molecule has 1 N–H and O–H groups in total. The molecule has 4 nitrogen and oxygen atoms in total. The lowest BCUT2D eigenvalue weighted by molar-refractivity contribution is 0.0906. The van der Waals surface area contributed by atoms with Crippen LogP contribution in [0.3, 0.4) is 0 Å². The van der Waals surface area contributed by atoms with Crippen molar-refractivity contribution in [3.05, 3.63) is 35.9 Å². The molecule has 2 aliphatic rings. The van der Waals surface area contributed by atoms with Crippen molar-refractivity contribution in [1.29, 1.82) is 0 Å². The van der Waals surface area contributed by atoms with Crippen molar-refractivity contribution in [3.8, 4) is 0 Å². The number of likely N-dealkylation sites (tertiary alicyclic amines) is 1. The molecule has 1 saturated carbocycles. The van der Waals surface area contributed by atoms with E-state index in [1.807, 2.05) is 4.90 Å². The zero-order valence-corrected chi connectivity index (χ0v) is 14.3. The van der Waals surface area contributed by atoms with Gasteiger partial charge in [0.15, 0.2) is 0 Å². The quantitative estimate of drug-likeness (QED) is 0.925. The first kappa shape index (κ1) is 16.3. The third-order valence-electron chi connectivity index (χ3n) is 5.49. The Balaban J connectivity index is 1.48. The molecule has 4 heteroatoms. The smallest absolute Gasteiger partial charge is 0.317 e. The van der Waals surface area contributed by atoms with Gasteiger partial charge in [-0.25, -0.2) is 4.79 Å². The summed E-state index contributed by atoms with van der Waals surface area (Å²) < 4.78 is 5.43. The summed E-state index contributed by atoms with van der Waals surface area (Å²) in [5, 5.41) is 3.16. The third kappa shape index (κ3) is 3.86. The van der Waals surface area contributed by atoms with E-state index < -0.39 is 0 Å². The van der Waals surface area contributed by atoms with Gasteiger partial charge in [0.2, 0.25) is 0 Å². The molecule has 3 atom stereocenters. The monoisotopic (exact) mass is 316 g/mol. The van der Waals surface area contributed by atoms with Gasteiger partial charge in [-0.15, -0.1) is 0 Å². The average molecular weight is 316 g/mol. The number of rotatable bonds is 4. The highest BCUT2D eigenvalue weighted by Crippen LogP contribution is 2.58. The second-order valence-corrected chi connectivity index (χ2v) is 7.26. The van der Waals surface area contributed by atoms with Gasteiger partial charge >= 0.3 is 6.03 Å². The van der Waals surface area contributed by atoms with Crippen molar-refractivity contribution in [2.24, 2.45) is 5.41 Å². The Morgan fingerprint density at radius 3 is 2.83 bits per heavy atom. The number of methoxy groups -OCH3 is 1. The summed E-state index contributed by atoms with van der Waals surface area (Å²) in [5.74, 6) is 0.575. The zero-order chi connectivity index (χ0) is 16.3. The minimum absolute atomic E-state index is 0.0849. The predicted octanol–water partition coefficient (Wildman–Crippen LogP) is 3.39. The molecule has 1 saturated heterocycles. The highest BCUT2D eigenvalue weighted by molar-refractivity contribution is 5.74. The number of ether oxygens (including phenoxy) is 1. The molecule has 0 aromatic heterocycles. The van der Waals surface area contributed by atoms with E-state index in [9.17, 15) is 4.79 Å². The highest BCUT2D eigenvalue weighted by Gasteiger charge is 2.50. The number of nitrogens with zero attached hydrogens (tertiary/aromatic N) is 1. The third-order valence-corrected chi connectivity index (χ3v) is 5.49. The molecule has 126 valence electrons. The van der Waals surface area contributed by atoms with Crippen molar-refractivity contribution in [3.63, 3.8) is 0 Å². The summed E-state index contributed by atoms with van der Waals surface area (Å²) in [6.45, 7) is 4.66. The average Bonchev–Trinajstić information content (AvgIpc) is 3.31. The van der Waals surface area contributed by atoms with Crippen LogP contribution in [0.5, 0.6) is 0 Å². The van der Waals surface area contributed by atoms with Crippen LogP contribution in [0.2, 0.25) is 0 Å². The maximum Gasteiger partial charge on any atom is 0.317 e. The summed E-state index contributed by atoms with van der Waals surface area (Å²) in [5.41, 5.74) is 1.60. The van der Waals surface area contributed by atoms with E-state index in [0.717, 1.165) is 45.3 Å². The number of hydrogen-bond donors (Lipinski definition) is 1. The summed E-state index contributed by atoms with van der Waals surface area (Å²) >= 11 is 0. The maximum atomic E-state index is 12.4. The maximum absolute atomic E-state index is 12.4. The minimum atomic E-state index is 0.0849. The van der Waals surface area contributed by atoms with Crippen molar-refractivity contribution in [2.75, 3.05) is 26.7 Å². The van der Waals surface area contributed by atoms with Crippen molar-refractivity contribution in [1.82, 2.24) is 10.2 Å². The number of benzene rings is 1. The van der Waals surface area contributed by atoms with E-state index in [4.69, 9.17) is 4.74 Å². The fraction of sp³-hybridized carbons (Fsp3) is 0.632. The number of hydrogen-bond acceptors (Lipinski definition) is 2. The first-order valence-electron chi connectivity index (χ1n) is 8.73. The van der Waals surface area contributed by atoms with E-state index in [0.29, 0.717) is 12.0 Å². The highest BCUT2D eigenvalue weighted by atomic mass is 16.5. The largest absolute Gasteiger partial charge is 0.381 e. The molecule has 0 spiro atoms. The van der Waals surface area contributed by atoms with E-state index in [2.05, 4.69) is 42.6 Å². The molecule has 0 bridgehead atoms. The molecule has 1 aromatic carbocycles. The minimum Gasteiger partial charge on any atom is -0.381 e. The molecule has 0 radical (unpaired) electrons. The van der Waals surface area contributed by atoms with Crippen LogP contribution in [-0.4, -0.2) is 43.8 Å².